The van der Waals surface area contributed by atoms with Gasteiger partial charge >= 0.3 is 0 Å². The van der Waals surface area contributed by atoms with Gasteiger partial charge in [-0.1, -0.05) is 0 Å². The summed E-state index contributed by atoms with van der Waals surface area (Å²) in [5, 5.41) is 12.4. The van der Waals surface area contributed by atoms with Gasteiger partial charge in [0.25, 0.3) is 0 Å². The Morgan fingerprint density at radius 1 is 1.29 bits per heavy atom. The van der Waals surface area contributed by atoms with Crippen molar-refractivity contribution in [2.45, 2.75) is 37.6 Å². The molecular formula is C12H22N2O3. The Morgan fingerprint density at radius 3 is 2.35 bits per heavy atom. The zero-order valence-corrected chi connectivity index (χ0v) is 10.2. The summed E-state index contributed by atoms with van der Waals surface area (Å²) in [6, 6.07) is 0. The van der Waals surface area contributed by atoms with Crippen LogP contribution in [0.2, 0.25) is 0 Å². The van der Waals surface area contributed by atoms with Crippen molar-refractivity contribution < 1.29 is 14.6 Å². The van der Waals surface area contributed by atoms with Crippen LogP contribution in [0.5, 0.6) is 0 Å². The molecule has 5 nitrogen and oxygen atoms in total. The fraction of sp³-hybridized carbons (Fsp3) is 0.917. The molecule has 5 heteroatoms. The van der Waals surface area contributed by atoms with Crippen LogP contribution in [0, 0.1) is 5.41 Å². The molecule has 0 bridgehead atoms. The normalized spacial score (nSPS) is 26.0. The van der Waals surface area contributed by atoms with Crippen LogP contribution in [0.15, 0.2) is 0 Å². The highest BCUT2D eigenvalue weighted by Crippen LogP contribution is 2.35. The third-order valence-corrected chi connectivity index (χ3v) is 4.31. The van der Waals surface area contributed by atoms with Crippen molar-refractivity contribution in [3.63, 3.8) is 0 Å². The van der Waals surface area contributed by atoms with Crippen molar-refractivity contribution in [3.8, 4) is 0 Å². The summed E-state index contributed by atoms with van der Waals surface area (Å²) in [5.74, 6) is -0.00273. The summed E-state index contributed by atoms with van der Waals surface area (Å²) in [6.07, 6.45) is 4.16. The van der Waals surface area contributed by atoms with Crippen LogP contribution >= 0.6 is 0 Å². The van der Waals surface area contributed by atoms with E-state index in [0.29, 0.717) is 32.6 Å². The maximum Gasteiger partial charge on any atom is 0.228 e. The summed E-state index contributed by atoms with van der Waals surface area (Å²) >= 11 is 0. The van der Waals surface area contributed by atoms with Crippen LogP contribution in [0.25, 0.3) is 0 Å². The molecule has 0 radical (unpaired) electrons. The number of nitrogens with two attached hydrogens (primary N) is 1. The molecule has 2 aliphatic rings. The first-order valence-electron chi connectivity index (χ1n) is 6.38. The third kappa shape index (κ3) is 2.32. The molecule has 0 unspecified atom stereocenters. The fourth-order valence-electron chi connectivity index (χ4n) is 2.59. The van der Waals surface area contributed by atoms with Gasteiger partial charge in [-0.2, -0.15) is 0 Å². The second-order valence-electron chi connectivity index (χ2n) is 5.34. The molecule has 2 fully saturated rings. The first-order valence-corrected chi connectivity index (χ1v) is 6.38. The van der Waals surface area contributed by atoms with Crippen molar-refractivity contribution in [1.82, 2.24) is 5.32 Å². The molecule has 4 N–H and O–H groups in total. The van der Waals surface area contributed by atoms with E-state index in [1.54, 1.807) is 0 Å². The van der Waals surface area contributed by atoms with E-state index in [-0.39, 0.29) is 18.1 Å². The molecule has 1 saturated carbocycles. The number of hydrogen-bond donors (Lipinski definition) is 3. The SMILES string of the molecule is NCC1(C(=O)NC2(CO)CCC2)CCOCC1. The summed E-state index contributed by atoms with van der Waals surface area (Å²) < 4.78 is 5.29. The maximum atomic E-state index is 12.4. The number of ether oxygens (including phenoxy) is 1. The molecule has 98 valence electrons. The lowest BCUT2D eigenvalue weighted by Crippen LogP contribution is -2.61. The van der Waals surface area contributed by atoms with E-state index in [1.807, 2.05) is 0 Å². The molecule has 0 aromatic carbocycles. The lowest BCUT2D eigenvalue weighted by molar-refractivity contribution is -0.140. The lowest BCUT2D eigenvalue weighted by atomic mass is 9.74. The van der Waals surface area contributed by atoms with E-state index in [0.717, 1.165) is 19.3 Å². The molecular weight excluding hydrogens is 220 g/mol. The molecule has 0 aromatic heterocycles. The molecule has 1 heterocycles. The third-order valence-electron chi connectivity index (χ3n) is 4.31. The van der Waals surface area contributed by atoms with E-state index < -0.39 is 5.41 Å². The maximum absolute atomic E-state index is 12.4. The summed E-state index contributed by atoms with van der Waals surface area (Å²) in [5.41, 5.74) is 4.91. The monoisotopic (exact) mass is 242 g/mol. The molecule has 0 atom stereocenters. The van der Waals surface area contributed by atoms with Crippen LogP contribution in [0.1, 0.15) is 32.1 Å². The Labute approximate surface area is 102 Å². The van der Waals surface area contributed by atoms with Gasteiger partial charge in [0.05, 0.1) is 17.6 Å². The second-order valence-corrected chi connectivity index (χ2v) is 5.34. The van der Waals surface area contributed by atoms with Gasteiger partial charge in [0, 0.05) is 19.8 Å². The molecule has 1 amide bonds. The molecule has 1 aliphatic carbocycles. The number of amides is 1. The highest BCUT2D eigenvalue weighted by Gasteiger charge is 2.44. The molecule has 0 spiro atoms. The van der Waals surface area contributed by atoms with Gasteiger partial charge in [0.2, 0.25) is 5.91 Å². The van der Waals surface area contributed by atoms with Crippen LogP contribution in [-0.4, -0.2) is 42.9 Å². The van der Waals surface area contributed by atoms with Crippen molar-refractivity contribution in [2.75, 3.05) is 26.4 Å². The van der Waals surface area contributed by atoms with Crippen LogP contribution in [0.4, 0.5) is 0 Å². The van der Waals surface area contributed by atoms with E-state index in [2.05, 4.69) is 5.32 Å². The quantitative estimate of drug-likeness (QED) is 0.636. The molecule has 17 heavy (non-hydrogen) atoms. The highest BCUT2D eigenvalue weighted by atomic mass is 16.5. The van der Waals surface area contributed by atoms with Crippen molar-refractivity contribution >= 4 is 5.91 Å². The highest BCUT2D eigenvalue weighted by molar-refractivity contribution is 5.83. The summed E-state index contributed by atoms with van der Waals surface area (Å²) in [6.45, 7) is 1.56. The first-order chi connectivity index (χ1) is 8.16. The van der Waals surface area contributed by atoms with Gasteiger partial charge in [0.1, 0.15) is 0 Å². The van der Waals surface area contributed by atoms with Gasteiger partial charge in [0.15, 0.2) is 0 Å². The van der Waals surface area contributed by atoms with Gasteiger partial charge in [-0.15, -0.1) is 0 Å². The van der Waals surface area contributed by atoms with Gasteiger partial charge < -0.3 is 20.9 Å². The average molecular weight is 242 g/mol. The van der Waals surface area contributed by atoms with E-state index in [9.17, 15) is 9.90 Å². The van der Waals surface area contributed by atoms with E-state index in [4.69, 9.17) is 10.5 Å². The number of hydrogen-bond acceptors (Lipinski definition) is 4. The Hall–Kier alpha value is -0.650. The molecule has 0 aromatic rings. The average Bonchev–Trinajstić information content (AvgIpc) is 2.34. The van der Waals surface area contributed by atoms with Crippen LogP contribution in [0.3, 0.4) is 0 Å². The zero-order valence-electron chi connectivity index (χ0n) is 10.2. The van der Waals surface area contributed by atoms with E-state index >= 15 is 0 Å². The van der Waals surface area contributed by atoms with Crippen LogP contribution in [-0.2, 0) is 9.53 Å². The van der Waals surface area contributed by atoms with Crippen molar-refractivity contribution in [2.24, 2.45) is 11.1 Å². The minimum Gasteiger partial charge on any atom is -0.394 e. The number of aliphatic hydroxyl groups is 1. The van der Waals surface area contributed by atoms with Crippen molar-refractivity contribution in [3.05, 3.63) is 0 Å². The molecule has 1 aliphatic heterocycles. The number of carbonyl (C=O) groups excluding carboxylic acids is 1. The summed E-state index contributed by atoms with van der Waals surface area (Å²) in [7, 11) is 0. The second kappa shape index (κ2) is 4.92. The predicted octanol–water partition coefficient (Wildman–Crippen LogP) is -0.227. The number of carbonyl (C=O) groups is 1. The molecule has 2 rings (SSSR count). The largest absolute Gasteiger partial charge is 0.394 e. The Morgan fingerprint density at radius 2 is 1.94 bits per heavy atom. The number of nitrogens with one attached hydrogen (secondary N) is 1. The first kappa shape index (κ1) is 12.8. The van der Waals surface area contributed by atoms with Crippen LogP contribution < -0.4 is 11.1 Å². The fourth-order valence-corrected chi connectivity index (χ4v) is 2.59. The Kier molecular flexibility index (Phi) is 3.70. The topological polar surface area (TPSA) is 84.6 Å². The molecule has 1 saturated heterocycles. The minimum absolute atomic E-state index is 0.00273. The minimum atomic E-state index is -0.490. The van der Waals surface area contributed by atoms with Gasteiger partial charge in [-0.3, -0.25) is 4.79 Å². The van der Waals surface area contributed by atoms with E-state index in [1.165, 1.54) is 0 Å². The predicted molar refractivity (Wildman–Crippen MR) is 63.4 cm³/mol. The number of aliphatic hydroxyl groups excluding tert-OH is 1. The van der Waals surface area contributed by atoms with Gasteiger partial charge in [-0.05, 0) is 32.1 Å². The lowest BCUT2D eigenvalue weighted by Gasteiger charge is -2.44. The van der Waals surface area contributed by atoms with Gasteiger partial charge in [-0.25, -0.2) is 0 Å². The zero-order chi connectivity index (χ0) is 12.4. The Balaban J connectivity index is 2.01. The Bertz CT molecular complexity index is 278. The standard InChI is InChI=1S/C12H22N2O3/c13-8-11(4-6-17-7-5-11)10(16)14-12(9-15)2-1-3-12/h15H,1-9,13H2,(H,14,16). The number of rotatable bonds is 4. The van der Waals surface area contributed by atoms with Crippen molar-refractivity contribution in [1.29, 1.82) is 0 Å². The smallest absolute Gasteiger partial charge is 0.228 e. The summed E-state index contributed by atoms with van der Waals surface area (Å²) in [4.78, 5) is 12.4.